The predicted molar refractivity (Wildman–Crippen MR) is 84.5 cm³/mol. The van der Waals surface area contributed by atoms with Crippen LogP contribution in [0.15, 0.2) is 35.7 Å². The van der Waals surface area contributed by atoms with Crippen LogP contribution in [0, 0.1) is 5.82 Å². The van der Waals surface area contributed by atoms with Crippen molar-refractivity contribution in [3.05, 3.63) is 57.0 Å². The zero-order chi connectivity index (χ0) is 15.4. The summed E-state index contributed by atoms with van der Waals surface area (Å²) < 4.78 is 13.7. The number of carbonyl (C=O) groups excluding carboxylic acids is 1. The Balaban J connectivity index is 2.09. The van der Waals surface area contributed by atoms with E-state index in [-0.39, 0.29) is 16.6 Å². The first kappa shape index (κ1) is 15.9. The molecule has 1 N–H and O–H groups in total. The molecule has 1 heterocycles. The monoisotopic (exact) mass is 326 g/mol. The molecule has 0 saturated carbocycles. The number of nitrogens with zero attached hydrogens (tertiary/aromatic N) is 1. The third-order valence-corrected chi connectivity index (χ3v) is 4.43. The zero-order valence-electron chi connectivity index (χ0n) is 11.8. The number of hydrogen-bond acceptors (Lipinski definition) is 3. The summed E-state index contributed by atoms with van der Waals surface area (Å²) in [5, 5.41) is 4.86. The first-order valence-electron chi connectivity index (χ1n) is 6.42. The van der Waals surface area contributed by atoms with Crippen LogP contribution >= 0.6 is 22.9 Å². The number of carbonyl (C=O) groups is 1. The van der Waals surface area contributed by atoms with Crippen molar-refractivity contribution in [1.82, 2.24) is 10.2 Å². The lowest BCUT2D eigenvalue weighted by Gasteiger charge is -2.23. The topological polar surface area (TPSA) is 32.3 Å². The molecule has 0 aliphatic heterocycles. The van der Waals surface area contributed by atoms with E-state index < -0.39 is 11.7 Å². The van der Waals surface area contributed by atoms with E-state index in [4.69, 9.17) is 11.6 Å². The Labute approximate surface area is 132 Å². The molecule has 0 saturated heterocycles. The molecule has 6 heteroatoms. The highest BCUT2D eigenvalue weighted by Gasteiger charge is 2.19. The Morgan fingerprint density at radius 3 is 2.71 bits per heavy atom. The van der Waals surface area contributed by atoms with Gasteiger partial charge in [0.25, 0.3) is 5.91 Å². The van der Waals surface area contributed by atoms with Crippen LogP contribution < -0.4 is 5.32 Å². The summed E-state index contributed by atoms with van der Waals surface area (Å²) in [4.78, 5) is 15.3. The van der Waals surface area contributed by atoms with E-state index in [1.807, 2.05) is 36.5 Å². The molecule has 0 radical (unpaired) electrons. The van der Waals surface area contributed by atoms with Crippen molar-refractivity contribution in [3.8, 4) is 0 Å². The maximum atomic E-state index is 13.7. The van der Waals surface area contributed by atoms with Crippen LogP contribution in [0.3, 0.4) is 0 Å². The van der Waals surface area contributed by atoms with Gasteiger partial charge in [-0.25, -0.2) is 4.39 Å². The van der Waals surface area contributed by atoms with Gasteiger partial charge in [-0.15, -0.1) is 11.3 Å². The maximum absolute atomic E-state index is 13.7. The minimum atomic E-state index is -0.613. The largest absolute Gasteiger partial charge is 0.350 e. The van der Waals surface area contributed by atoms with Crippen LogP contribution in [0.25, 0.3) is 0 Å². The molecule has 1 unspecified atom stereocenters. The third kappa shape index (κ3) is 3.81. The van der Waals surface area contributed by atoms with Crippen LogP contribution in [-0.2, 0) is 0 Å². The summed E-state index contributed by atoms with van der Waals surface area (Å²) in [5.74, 6) is -1.11. The standard InChI is InChI=1S/C15H16ClFN2OS/c1-19(2)12(13-7-4-8-21-13)9-18-15(20)14-10(16)5-3-6-11(14)17/h3-8,12H,9H2,1-2H3,(H,18,20). The second kappa shape index (κ2) is 7.02. The lowest BCUT2D eigenvalue weighted by Crippen LogP contribution is -2.34. The van der Waals surface area contributed by atoms with Gasteiger partial charge in [-0.3, -0.25) is 4.79 Å². The van der Waals surface area contributed by atoms with E-state index in [1.54, 1.807) is 11.3 Å². The Morgan fingerprint density at radius 1 is 1.38 bits per heavy atom. The van der Waals surface area contributed by atoms with E-state index >= 15 is 0 Å². The maximum Gasteiger partial charge on any atom is 0.255 e. The van der Waals surface area contributed by atoms with Gasteiger partial charge in [0, 0.05) is 11.4 Å². The molecule has 1 atom stereocenters. The molecular formula is C15H16ClFN2OS. The summed E-state index contributed by atoms with van der Waals surface area (Å²) in [7, 11) is 3.87. The van der Waals surface area contributed by atoms with Crippen LogP contribution in [0.4, 0.5) is 4.39 Å². The van der Waals surface area contributed by atoms with E-state index in [0.29, 0.717) is 6.54 Å². The molecule has 2 aromatic rings. The number of hydrogen-bond donors (Lipinski definition) is 1. The second-order valence-electron chi connectivity index (χ2n) is 4.80. The van der Waals surface area contributed by atoms with Crippen molar-refractivity contribution in [1.29, 1.82) is 0 Å². The predicted octanol–water partition coefficient (Wildman–Crippen LogP) is 3.57. The summed E-state index contributed by atoms with van der Waals surface area (Å²) in [6.45, 7) is 0.386. The van der Waals surface area contributed by atoms with Gasteiger partial charge in [0.15, 0.2) is 0 Å². The lowest BCUT2D eigenvalue weighted by molar-refractivity contribution is 0.0938. The van der Waals surface area contributed by atoms with Crippen molar-refractivity contribution in [3.63, 3.8) is 0 Å². The zero-order valence-corrected chi connectivity index (χ0v) is 13.3. The highest BCUT2D eigenvalue weighted by Crippen LogP contribution is 2.23. The SMILES string of the molecule is CN(C)C(CNC(=O)c1c(F)cccc1Cl)c1cccs1. The van der Waals surface area contributed by atoms with Crippen molar-refractivity contribution in [2.24, 2.45) is 0 Å². The van der Waals surface area contributed by atoms with Crippen molar-refractivity contribution in [2.75, 3.05) is 20.6 Å². The Bertz CT molecular complexity index is 596. The smallest absolute Gasteiger partial charge is 0.255 e. The number of rotatable bonds is 5. The van der Waals surface area contributed by atoms with Gasteiger partial charge in [-0.05, 0) is 37.7 Å². The number of halogens is 2. The molecule has 0 spiro atoms. The molecule has 2 rings (SSSR count). The first-order valence-corrected chi connectivity index (χ1v) is 7.68. The van der Waals surface area contributed by atoms with Gasteiger partial charge in [-0.2, -0.15) is 0 Å². The lowest BCUT2D eigenvalue weighted by atomic mass is 10.1. The second-order valence-corrected chi connectivity index (χ2v) is 6.19. The molecule has 1 aromatic carbocycles. The number of thiophene rings is 1. The summed E-state index contributed by atoms with van der Waals surface area (Å²) in [6, 6.07) is 8.22. The molecule has 0 fully saturated rings. The van der Waals surface area contributed by atoms with Crippen molar-refractivity contribution in [2.45, 2.75) is 6.04 Å². The van der Waals surface area contributed by atoms with Gasteiger partial charge in [-0.1, -0.05) is 23.7 Å². The molecule has 0 bridgehead atoms. The molecular weight excluding hydrogens is 311 g/mol. The molecule has 0 aliphatic rings. The Hall–Kier alpha value is -1.43. The molecule has 1 amide bonds. The molecule has 21 heavy (non-hydrogen) atoms. The van der Waals surface area contributed by atoms with E-state index in [2.05, 4.69) is 5.32 Å². The number of likely N-dealkylation sites (N-methyl/N-ethyl adjacent to an activating group) is 1. The Kier molecular flexibility index (Phi) is 5.33. The van der Waals surface area contributed by atoms with E-state index in [1.165, 1.54) is 18.2 Å². The third-order valence-electron chi connectivity index (χ3n) is 3.14. The highest BCUT2D eigenvalue weighted by molar-refractivity contribution is 7.10. The fourth-order valence-electron chi connectivity index (χ4n) is 2.01. The fraction of sp³-hybridized carbons (Fsp3) is 0.267. The molecule has 112 valence electrons. The number of nitrogens with one attached hydrogen (secondary N) is 1. The van der Waals surface area contributed by atoms with Gasteiger partial charge in [0.2, 0.25) is 0 Å². The summed E-state index contributed by atoms with van der Waals surface area (Å²) in [5.41, 5.74) is -0.108. The van der Waals surface area contributed by atoms with Crippen LogP contribution in [0.1, 0.15) is 21.3 Å². The molecule has 3 nitrogen and oxygen atoms in total. The summed E-state index contributed by atoms with van der Waals surface area (Å²) in [6.07, 6.45) is 0. The van der Waals surface area contributed by atoms with Crippen molar-refractivity contribution >= 4 is 28.8 Å². The molecule has 0 aliphatic carbocycles. The number of benzene rings is 1. The summed E-state index contributed by atoms with van der Waals surface area (Å²) >= 11 is 7.51. The number of amides is 1. The average Bonchev–Trinajstić information content (AvgIpc) is 2.92. The Morgan fingerprint density at radius 2 is 2.14 bits per heavy atom. The van der Waals surface area contributed by atoms with Crippen LogP contribution in [-0.4, -0.2) is 31.4 Å². The van der Waals surface area contributed by atoms with Gasteiger partial charge >= 0.3 is 0 Å². The average molecular weight is 327 g/mol. The normalized spacial score (nSPS) is 12.4. The van der Waals surface area contributed by atoms with Gasteiger partial charge in [0.1, 0.15) is 5.82 Å². The van der Waals surface area contributed by atoms with Crippen LogP contribution in [0.5, 0.6) is 0 Å². The van der Waals surface area contributed by atoms with Gasteiger partial charge < -0.3 is 10.2 Å². The first-order chi connectivity index (χ1) is 10.0. The van der Waals surface area contributed by atoms with Crippen molar-refractivity contribution < 1.29 is 9.18 Å². The van der Waals surface area contributed by atoms with E-state index in [0.717, 1.165) is 4.88 Å². The minimum absolute atomic E-state index is 0.0412. The van der Waals surface area contributed by atoms with Gasteiger partial charge in [0.05, 0.1) is 16.6 Å². The van der Waals surface area contributed by atoms with E-state index in [9.17, 15) is 9.18 Å². The minimum Gasteiger partial charge on any atom is -0.350 e. The molecule has 1 aromatic heterocycles. The highest BCUT2D eigenvalue weighted by atomic mass is 35.5. The van der Waals surface area contributed by atoms with Crippen LogP contribution in [0.2, 0.25) is 5.02 Å². The fourth-order valence-corrected chi connectivity index (χ4v) is 3.18. The quantitative estimate of drug-likeness (QED) is 0.911.